The normalized spacial score (nSPS) is 21.5. The van der Waals surface area contributed by atoms with Crippen molar-refractivity contribution in [1.82, 2.24) is 14.4 Å². The molecule has 172 valence electrons. The van der Waals surface area contributed by atoms with E-state index < -0.39 is 9.84 Å². The van der Waals surface area contributed by atoms with Crippen molar-refractivity contribution in [2.75, 3.05) is 49.5 Å². The quantitative estimate of drug-likeness (QED) is 0.694. The predicted octanol–water partition coefficient (Wildman–Crippen LogP) is 1.36. The Kier molecular flexibility index (Phi) is 6.42. The first-order valence-electron chi connectivity index (χ1n) is 10.9. The van der Waals surface area contributed by atoms with Gasteiger partial charge in [0.2, 0.25) is 5.91 Å². The van der Waals surface area contributed by atoms with Gasteiger partial charge < -0.3 is 14.3 Å². The Balaban J connectivity index is 1.38. The Morgan fingerprint density at radius 2 is 2.03 bits per heavy atom. The molecule has 2 aromatic heterocycles. The standard InChI is InChI=1S/C22H29N5O4S/c1-16-17(2)27(13-19-4-3-10-31-19)22(20(16)12-23)24-21(28)14-25-6-8-26(9-7-25)18-5-11-32(29,30)15-18/h3-4,10,18H,5-9,11,13-15H2,1-2H3,(H,24,28)/t18-/m1/s1. The number of amides is 1. The van der Waals surface area contributed by atoms with Gasteiger partial charge in [-0.3, -0.25) is 14.6 Å². The molecule has 0 radical (unpaired) electrons. The molecule has 32 heavy (non-hydrogen) atoms. The van der Waals surface area contributed by atoms with Gasteiger partial charge in [0.25, 0.3) is 0 Å². The monoisotopic (exact) mass is 459 g/mol. The molecule has 0 aliphatic carbocycles. The highest BCUT2D eigenvalue weighted by Crippen LogP contribution is 2.27. The maximum atomic E-state index is 12.9. The van der Waals surface area contributed by atoms with E-state index in [1.807, 2.05) is 30.5 Å². The summed E-state index contributed by atoms with van der Waals surface area (Å²) in [6.45, 7) is 7.39. The first kappa shape index (κ1) is 22.6. The van der Waals surface area contributed by atoms with Crippen molar-refractivity contribution in [3.05, 3.63) is 41.0 Å². The summed E-state index contributed by atoms with van der Waals surface area (Å²) in [6.07, 6.45) is 2.30. The molecule has 0 bridgehead atoms. The van der Waals surface area contributed by atoms with Crippen molar-refractivity contribution in [1.29, 1.82) is 5.26 Å². The molecule has 0 spiro atoms. The number of anilines is 1. The molecule has 0 aromatic carbocycles. The minimum atomic E-state index is -2.90. The van der Waals surface area contributed by atoms with Crippen LogP contribution in [0.25, 0.3) is 0 Å². The van der Waals surface area contributed by atoms with E-state index in [1.54, 1.807) is 6.26 Å². The van der Waals surface area contributed by atoms with E-state index in [-0.39, 0.29) is 30.0 Å². The number of carbonyl (C=O) groups is 1. The molecule has 4 rings (SSSR count). The average Bonchev–Trinajstić information content (AvgIpc) is 3.45. The lowest BCUT2D eigenvalue weighted by molar-refractivity contribution is -0.117. The summed E-state index contributed by atoms with van der Waals surface area (Å²) in [4.78, 5) is 17.2. The second-order valence-corrected chi connectivity index (χ2v) is 10.9. The molecule has 0 unspecified atom stereocenters. The molecular formula is C22H29N5O4S. The molecule has 4 heterocycles. The molecule has 2 saturated heterocycles. The van der Waals surface area contributed by atoms with Gasteiger partial charge in [-0.2, -0.15) is 5.26 Å². The average molecular weight is 460 g/mol. The molecule has 9 nitrogen and oxygen atoms in total. The largest absolute Gasteiger partial charge is 0.467 e. The van der Waals surface area contributed by atoms with Gasteiger partial charge in [0.15, 0.2) is 9.84 Å². The molecule has 1 atom stereocenters. The zero-order valence-electron chi connectivity index (χ0n) is 18.5. The number of piperazine rings is 1. The number of furan rings is 1. The lowest BCUT2D eigenvalue weighted by atomic mass is 10.2. The van der Waals surface area contributed by atoms with Crippen LogP contribution in [0.2, 0.25) is 0 Å². The molecule has 0 saturated carbocycles. The minimum Gasteiger partial charge on any atom is -0.467 e. The highest BCUT2D eigenvalue weighted by Gasteiger charge is 2.34. The first-order chi connectivity index (χ1) is 15.3. The Labute approximate surface area is 188 Å². The van der Waals surface area contributed by atoms with Gasteiger partial charge in [-0.05, 0) is 38.0 Å². The van der Waals surface area contributed by atoms with Crippen molar-refractivity contribution in [3.63, 3.8) is 0 Å². The van der Waals surface area contributed by atoms with Gasteiger partial charge in [-0.25, -0.2) is 8.42 Å². The van der Waals surface area contributed by atoms with Crippen LogP contribution in [-0.2, 0) is 21.2 Å². The van der Waals surface area contributed by atoms with Crippen molar-refractivity contribution >= 4 is 21.6 Å². The van der Waals surface area contributed by atoms with Crippen LogP contribution in [0.3, 0.4) is 0 Å². The van der Waals surface area contributed by atoms with Crippen LogP contribution in [-0.4, -0.2) is 79.0 Å². The number of nitrogens with zero attached hydrogens (tertiary/aromatic N) is 4. The fourth-order valence-corrected chi connectivity index (χ4v) is 6.37. The van der Waals surface area contributed by atoms with Crippen LogP contribution < -0.4 is 5.32 Å². The topological polar surface area (TPSA) is 112 Å². The van der Waals surface area contributed by atoms with Crippen molar-refractivity contribution < 1.29 is 17.6 Å². The Morgan fingerprint density at radius 1 is 1.28 bits per heavy atom. The van der Waals surface area contributed by atoms with E-state index in [4.69, 9.17) is 4.42 Å². The second kappa shape index (κ2) is 9.10. The number of nitrogens with one attached hydrogen (secondary N) is 1. The fourth-order valence-electron chi connectivity index (χ4n) is 4.61. The van der Waals surface area contributed by atoms with Crippen molar-refractivity contribution in [2.45, 2.75) is 32.9 Å². The van der Waals surface area contributed by atoms with E-state index in [0.717, 1.165) is 30.1 Å². The lowest BCUT2D eigenvalue weighted by Crippen LogP contribution is -2.52. The molecule has 1 amide bonds. The summed E-state index contributed by atoms with van der Waals surface area (Å²) in [7, 11) is -2.90. The number of carbonyl (C=O) groups excluding carboxylic acids is 1. The predicted molar refractivity (Wildman–Crippen MR) is 120 cm³/mol. The van der Waals surface area contributed by atoms with E-state index in [9.17, 15) is 18.5 Å². The van der Waals surface area contributed by atoms with E-state index >= 15 is 0 Å². The summed E-state index contributed by atoms with van der Waals surface area (Å²) < 4.78 is 30.9. The summed E-state index contributed by atoms with van der Waals surface area (Å²) >= 11 is 0. The molecule has 2 aliphatic rings. The van der Waals surface area contributed by atoms with Crippen molar-refractivity contribution in [2.24, 2.45) is 0 Å². The third-order valence-electron chi connectivity index (χ3n) is 6.59. The number of rotatable bonds is 6. The van der Waals surface area contributed by atoms with Gasteiger partial charge >= 0.3 is 0 Å². The lowest BCUT2D eigenvalue weighted by Gasteiger charge is -2.37. The molecule has 2 fully saturated rings. The van der Waals surface area contributed by atoms with Gasteiger partial charge in [-0.1, -0.05) is 0 Å². The molecule has 2 aromatic rings. The maximum absolute atomic E-state index is 12.9. The highest BCUT2D eigenvalue weighted by molar-refractivity contribution is 7.91. The second-order valence-electron chi connectivity index (χ2n) is 8.63. The van der Waals surface area contributed by atoms with Crippen LogP contribution in [0.1, 0.15) is 29.0 Å². The van der Waals surface area contributed by atoms with Gasteiger partial charge in [0.05, 0.1) is 36.4 Å². The summed E-state index contributed by atoms with van der Waals surface area (Å²) in [5.74, 6) is 1.59. The molecular weight excluding hydrogens is 430 g/mol. The molecule has 10 heteroatoms. The summed E-state index contributed by atoms with van der Waals surface area (Å²) in [6, 6.07) is 6.00. The van der Waals surface area contributed by atoms with Crippen LogP contribution in [0, 0.1) is 25.2 Å². The van der Waals surface area contributed by atoms with Gasteiger partial charge in [0.1, 0.15) is 17.6 Å². The van der Waals surface area contributed by atoms with E-state index in [2.05, 4.69) is 21.2 Å². The summed E-state index contributed by atoms with van der Waals surface area (Å²) in [5.41, 5.74) is 2.22. The number of aromatic nitrogens is 1. The smallest absolute Gasteiger partial charge is 0.239 e. The van der Waals surface area contributed by atoms with Crippen LogP contribution in [0.15, 0.2) is 22.8 Å². The molecule has 2 aliphatic heterocycles. The Morgan fingerprint density at radius 3 is 2.62 bits per heavy atom. The first-order valence-corrected chi connectivity index (χ1v) is 12.7. The van der Waals surface area contributed by atoms with Crippen LogP contribution in [0.4, 0.5) is 5.82 Å². The van der Waals surface area contributed by atoms with E-state index in [0.29, 0.717) is 37.4 Å². The SMILES string of the molecule is Cc1c(C#N)c(NC(=O)CN2CCN([C@@H]3CCS(=O)(=O)C3)CC2)n(Cc2ccco2)c1C. The number of nitriles is 1. The zero-order chi connectivity index (χ0) is 22.9. The molecule has 1 N–H and O–H groups in total. The van der Waals surface area contributed by atoms with E-state index in [1.165, 1.54) is 0 Å². The van der Waals surface area contributed by atoms with Crippen molar-refractivity contribution in [3.8, 4) is 6.07 Å². The number of hydrogen-bond acceptors (Lipinski definition) is 7. The number of hydrogen-bond donors (Lipinski definition) is 1. The maximum Gasteiger partial charge on any atom is 0.239 e. The Hall–Kier alpha value is -2.61. The highest BCUT2D eigenvalue weighted by atomic mass is 32.2. The third kappa shape index (κ3) is 4.75. The number of sulfone groups is 1. The van der Waals surface area contributed by atoms with Crippen LogP contribution >= 0.6 is 0 Å². The zero-order valence-corrected chi connectivity index (χ0v) is 19.3. The van der Waals surface area contributed by atoms with Gasteiger partial charge in [0, 0.05) is 37.9 Å². The minimum absolute atomic E-state index is 0.102. The fraction of sp³-hybridized carbons (Fsp3) is 0.545. The van der Waals surface area contributed by atoms with Crippen LogP contribution in [0.5, 0.6) is 0 Å². The third-order valence-corrected chi connectivity index (χ3v) is 8.34. The Bertz CT molecular complexity index is 1120. The van der Waals surface area contributed by atoms with Gasteiger partial charge in [-0.15, -0.1) is 0 Å². The summed E-state index contributed by atoms with van der Waals surface area (Å²) in [5, 5.41) is 12.6.